The highest BCUT2D eigenvalue weighted by Crippen LogP contribution is 2.18. The zero-order chi connectivity index (χ0) is 10.7. The predicted molar refractivity (Wildman–Crippen MR) is 52.6 cm³/mol. The molecule has 1 aromatic heterocycles. The van der Waals surface area contributed by atoms with E-state index < -0.39 is 0 Å². The second-order valence-corrected chi connectivity index (χ2v) is 3.46. The van der Waals surface area contributed by atoms with Crippen molar-refractivity contribution in [1.29, 1.82) is 0 Å². The van der Waals surface area contributed by atoms with E-state index >= 15 is 0 Å². The third-order valence-electron chi connectivity index (χ3n) is 2.07. The molecule has 0 bridgehead atoms. The first-order chi connectivity index (χ1) is 6.56. The fraction of sp³-hybridized carbons (Fsp3) is 0.556. The molecule has 1 N–H and O–H groups in total. The molecule has 0 aliphatic carbocycles. The van der Waals surface area contributed by atoms with Crippen LogP contribution in [0.2, 0.25) is 0 Å². The molecular formula is C9H15N3O2. The molecular weight excluding hydrogens is 182 g/mol. The number of hydrogen-bond donors (Lipinski definition) is 1. The first-order valence-corrected chi connectivity index (χ1v) is 4.42. The van der Waals surface area contributed by atoms with Crippen LogP contribution in [0.25, 0.3) is 0 Å². The van der Waals surface area contributed by atoms with E-state index in [1.165, 1.54) is 0 Å². The van der Waals surface area contributed by atoms with Crippen LogP contribution >= 0.6 is 0 Å². The first-order valence-electron chi connectivity index (χ1n) is 4.42. The molecule has 1 rings (SSSR count). The van der Waals surface area contributed by atoms with Gasteiger partial charge in [-0.1, -0.05) is 0 Å². The fourth-order valence-electron chi connectivity index (χ4n) is 1.15. The summed E-state index contributed by atoms with van der Waals surface area (Å²) < 4.78 is 1.64. The van der Waals surface area contributed by atoms with Gasteiger partial charge >= 0.3 is 0 Å². The Morgan fingerprint density at radius 2 is 2.21 bits per heavy atom. The van der Waals surface area contributed by atoms with E-state index in [1.54, 1.807) is 11.6 Å². The van der Waals surface area contributed by atoms with Gasteiger partial charge in [-0.2, -0.15) is 5.10 Å². The van der Waals surface area contributed by atoms with Gasteiger partial charge in [-0.05, 0) is 21.0 Å². The maximum atomic E-state index is 10.5. The molecule has 0 aromatic carbocycles. The van der Waals surface area contributed by atoms with E-state index in [-0.39, 0.29) is 11.4 Å². The standard InChI is InChI=1S/C9H15N3O2/c1-7-9(14)8(6-13)10-12(7)5-4-11(2)3/h6,14H,4-5H2,1-3H3. The summed E-state index contributed by atoms with van der Waals surface area (Å²) in [5.41, 5.74) is 0.746. The summed E-state index contributed by atoms with van der Waals surface area (Å²) in [6, 6.07) is 0. The van der Waals surface area contributed by atoms with E-state index in [9.17, 15) is 9.90 Å². The van der Waals surface area contributed by atoms with Crippen molar-refractivity contribution in [3.05, 3.63) is 11.4 Å². The Balaban J connectivity index is 2.82. The van der Waals surface area contributed by atoms with Crippen LogP contribution in [0.4, 0.5) is 0 Å². The summed E-state index contributed by atoms with van der Waals surface area (Å²) in [5, 5.41) is 13.4. The maximum absolute atomic E-state index is 10.5. The summed E-state index contributed by atoms with van der Waals surface area (Å²) in [6.45, 7) is 3.23. The largest absolute Gasteiger partial charge is 0.504 e. The zero-order valence-corrected chi connectivity index (χ0v) is 8.69. The number of nitrogens with zero attached hydrogens (tertiary/aromatic N) is 3. The number of carbonyl (C=O) groups excluding carboxylic acids is 1. The Morgan fingerprint density at radius 3 is 2.64 bits per heavy atom. The van der Waals surface area contributed by atoms with Crippen molar-refractivity contribution in [2.45, 2.75) is 13.5 Å². The van der Waals surface area contributed by atoms with Crippen molar-refractivity contribution in [3.8, 4) is 5.75 Å². The van der Waals surface area contributed by atoms with Crippen molar-refractivity contribution in [2.75, 3.05) is 20.6 Å². The molecule has 0 aliphatic heterocycles. The van der Waals surface area contributed by atoms with Crippen molar-refractivity contribution in [1.82, 2.24) is 14.7 Å². The van der Waals surface area contributed by atoms with E-state index in [2.05, 4.69) is 5.10 Å². The monoisotopic (exact) mass is 197 g/mol. The van der Waals surface area contributed by atoms with E-state index in [4.69, 9.17) is 0 Å². The summed E-state index contributed by atoms with van der Waals surface area (Å²) in [7, 11) is 3.92. The second-order valence-electron chi connectivity index (χ2n) is 3.46. The maximum Gasteiger partial charge on any atom is 0.174 e. The Kier molecular flexibility index (Phi) is 3.24. The molecule has 0 aliphatic rings. The van der Waals surface area contributed by atoms with Gasteiger partial charge in [0.1, 0.15) is 0 Å². The summed E-state index contributed by atoms with van der Waals surface area (Å²) in [5.74, 6) is -0.0150. The number of likely N-dealkylation sites (N-methyl/N-ethyl adjacent to an activating group) is 1. The van der Waals surface area contributed by atoms with E-state index in [0.717, 1.165) is 6.54 Å². The minimum Gasteiger partial charge on any atom is -0.504 e. The third kappa shape index (κ3) is 2.11. The SMILES string of the molecule is Cc1c(O)c(C=O)nn1CCN(C)C. The number of hydrogen-bond acceptors (Lipinski definition) is 4. The van der Waals surface area contributed by atoms with Crippen LogP contribution in [0, 0.1) is 6.92 Å². The van der Waals surface area contributed by atoms with E-state index in [0.29, 0.717) is 18.5 Å². The van der Waals surface area contributed by atoms with Gasteiger partial charge in [0.15, 0.2) is 17.7 Å². The fourth-order valence-corrected chi connectivity index (χ4v) is 1.15. The molecule has 1 aromatic rings. The Morgan fingerprint density at radius 1 is 1.57 bits per heavy atom. The number of aromatic hydroxyl groups is 1. The third-order valence-corrected chi connectivity index (χ3v) is 2.07. The second kappa shape index (κ2) is 4.23. The average molecular weight is 197 g/mol. The van der Waals surface area contributed by atoms with Crippen molar-refractivity contribution in [2.24, 2.45) is 0 Å². The molecule has 0 unspecified atom stereocenters. The average Bonchev–Trinajstić information content (AvgIpc) is 2.41. The Hall–Kier alpha value is -1.36. The normalized spacial score (nSPS) is 10.9. The number of aromatic nitrogens is 2. The lowest BCUT2D eigenvalue weighted by atomic mass is 10.3. The summed E-state index contributed by atoms with van der Waals surface area (Å²) in [4.78, 5) is 12.5. The van der Waals surface area contributed by atoms with E-state index in [1.807, 2.05) is 19.0 Å². The highest BCUT2D eigenvalue weighted by molar-refractivity contribution is 5.76. The molecule has 0 spiro atoms. The van der Waals surface area contributed by atoms with Gasteiger partial charge in [0.05, 0.1) is 12.2 Å². The lowest BCUT2D eigenvalue weighted by molar-refractivity contribution is 0.111. The van der Waals surface area contributed by atoms with Crippen LogP contribution in [0.5, 0.6) is 5.75 Å². The lowest BCUT2D eigenvalue weighted by Gasteiger charge is -2.09. The number of aldehydes is 1. The molecule has 0 amide bonds. The van der Waals surface area contributed by atoms with Gasteiger partial charge in [0.25, 0.3) is 0 Å². The van der Waals surface area contributed by atoms with Crippen LogP contribution in [0.3, 0.4) is 0 Å². The van der Waals surface area contributed by atoms with Crippen LogP contribution < -0.4 is 0 Å². The number of carbonyl (C=O) groups is 1. The molecule has 0 saturated carbocycles. The van der Waals surface area contributed by atoms with Gasteiger partial charge in [-0.3, -0.25) is 9.48 Å². The Bertz CT molecular complexity index is 331. The molecule has 78 valence electrons. The minimum absolute atomic E-state index is 0.0150. The molecule has 14 heavy (non-hydrogen) atoms. The molecule has 0 fully saturated rings. The highest BCUT2D eigenvalue weighted by atomic mass is 16.3. The lowest BCUT2D eigenvalue weighted by Crippen LogP contribution is -2.19. The smallest absolute Gasteiger partial charge is 0.174 e. The van der Waals surface area contributed by atoms with Gasteiger partial charge < -0.3 is 10.0 Å². The predicted octanol–water partition coefficient (Wildman–Crippen LogP) is 0.271. The molecule has 0 radical (unpaired) electrons. The van der Waals surface area contributed by atoms with Gasteiger partial charge in [-0.25, -0.2) is 0 Å². The van der Waals surface area contributed by atoms with Crippen LogP contribution in [-0.2, 0) is 6.54 Å². The zero-order valence-electron chi connectivity index (χ0n) is 8.69. The molecule has 5 heteroatoms. The molecule has 0 saturated heterocycles. The summed E-state index contributed by atoms with van der Waals surface area (Å²) >= 11 is 0. The molecule has 0 atom stereocenters. The first kappa shape index (κ1) is 10.7. The van der Waals surface area contributed by atoms with Gasteiger partial charge in [-0.15, -0.1) is 0 Å². The van der Waals surface area contributed by atoms with Crippen LogP contribution in [0.15, 0.2) is 0 Å². The van der Waals surface area contributed by atoms with Crippen molar-refractivity contribution in [3.63, 3.8) is 0 Å². The van der Waals surface area contributed by atoms with Gasteiger partial charge in [0, 0.05) is 6.54 Å². The topological polar surface area (TPSA) is 58.4 Å². The quantitative estimate of drug-likeness (QED) is 0.704. The van der Waals surface area contributed by atoms with Crippen LogP contribution in [0.1, 0.15) is 16.2 Å². The Labute approximate surface area is 82.9 Å². The van der Waals surface area contributed by atoms with Crippen molar-refractivity contribution < 1.29 is 9.90 Å². The highest BCUT2D eigenvalue weighted by Gasteiger charge is 2.12. The molecule has 5 nitrogen and oxygen atoms in total. The molecule has 1 heterocycles. The van der Waals surface area contributed by atoms with Crippen LogP contribution in [-0.4, -0.2) is 46.7 Å². The van der Waals surface area contributed by atoms with Gasteiger partial charge in [0.2, 0.25) is 0 Å². The van der Waals surface area contributed by atoms with Crippen molar-refractivity contribution >= 4 is 6.29 Å². The minimum atomic E-state index is -0.0150. The summed E-state index contributed by atoms with van der Waals surface area (Å²) in [6.07, 6.45) is 0.564. The number of rotatable bonds is 4.